The molecule has 2 N–H and O–H groups in total. The van der Waals surface area contributed by atoms with Crippen molar-refractivity contribution in [3.8, 4) is 0 Å². The molecule has 1 aromatic rings. The Morgan fingerprint density at radius 3 is 2.45 bits per heavy atom. The van der Waals surface area contributed by atoms with Gasteiger partial charge in [0.1, 0.15) is 6.04 Å². The molecule has 0 bridgehead atoms. The van der Waals surface area contributed by atoms with Crippen LogP contribution in [0.5, 0.6) is 0 Å². The third-order valence-electron chi connectivity index (χ3n) is 3.96. The van der Waals surface area contributed by atoms with Crippen LogP contribution in [0.25, 0.3) is 0 Å². The second-order valence-corrected chi connectivity index (χ2v) is 6.14. The van der Waals surface area contributed by atoms with Crippen LogP contribution < -0.4 is 10.6 Å². The van der Waals surface area contributed by atoms with E-state index in [0.717, 1.165) is 11.1 Å². The van der Waals surface area contributed by atoms with Gasteiger partial charge in [-0.25, -0.2) is 0 Å². The molecule has 1 aromatic carbocycles. The number of hydrogen-bond acceptors (Lipinski definition) is 4. The number of esters is 1. The number of carbonyl (C=O) groups excluding carboxylic acids is 2. The second kappa shape index (κ2) is 6.92. The lowest BCUT2D eigenvalue weighted by Gasteiger charge is -2.21. The molecule has 1 aliphatic heterocycles. The first-order chi connectivity index (χ1) is 10.4. The fourth-order valence-electron chi connectivity index (χ4n) is 2.85. The van der Waals surface area contributed by atoms with Crippen LogP contribution in [0.1, 0.15) is 37.4 Å². The van der Waals surface area contributed by atoms with Crippen LogP contribution in [-0.2, 0) is 14.3 Å². The predicted molar refractivity (Wildman–Crippen MR) is 84.2 cm³/mol. The third-order valence-corrected chi connectivity index (χ3v) is 3.96. The molecule has 0 saturated carbocycles. The van der Waals surface area contributed by atoms with Gasteiger partial charge in [0.15, 0.2) is 0 Å². The SMILES string of the molecule is COC(=O)[C@@H]1C[C@H](C(=O)NC(C)C)[C@H](c2ccc(C)cc2)N1. The smallest absolute Gasteiger partial charge is 0.322 e. The van der Waals surface area contributed by atoms with Crippen molar-refractivity contribution in [1.82, 2.24) is 10.6 Å². The summed E-state index contributed by atoms with van der Waals surface area (Å²) < 4.78 is 4.81. The molecule has 1 fully saturated rings. The molecule has 22 heavy (non-hydrogen) atoms. The first kappa shape index (κ1) is 16.5. The molecule has 0 spiro atoms. The Morgan fingerprint density at radius 1 is 1.27 bits per heavy atom. The summed E-state index contributed by atoms with van der Waals surface area (Å²) in [6.07, 6.45) is 0.448. The maximum absolute atomic E-state index is 12.5. The van der Waals surface area contributed by atoms with Crippen molar-refractivity contribution in [3.63, 3.8) is 0 Å². The molecule has 0 aromatic heterocycles. The molecule has 5 nitrogen and oxygen atoms in total. The Morgan fingerprint density at radius 2 is 1.91 bits per heavy atom. The molecule has 3 atom stereocenters. The van der Waals surface area contributed by atoms with E-state index in [1.807, 2.05) is 45.0 Å². The largest absolute Gasteiger partial charge is 0.468 e. The molecule has 120 valence electrons. The van der Waals surface area contributed by atoms with E-state index in [9.17, 15) is 9.59 Å². The maximum Gasteiger partial charge on any atom is 0.322 e. The van der Waals surface area contributed by atoms with E-state index < -0.39 is 6.04 Å². The fraction of sp³-hybridized carbons (Fsp3) is 0.529. The number of nitrogens with one attached hydrogen (secondary N) is 2. The zero-order chi connectivity index (χ0) is 16.3. The Kier molecular flexibility index (Phi) is 5.19. The van der Waals surface area contributed by atoms with Gasteiger partial charge in [-0.05, 0) is 32.8 Å². The van der Waals surface area contributed by atoms with Gasteiger partial charge in [0.2, 0.25) is 5.91 Å². The van der Waals surface area contributed by atoms with E-state index in [4.69, 9.17) is 4.74 Å². The summed E-state index contributed by atoms with van der Waals surface area (Å²) in [7, 11) is 1.37. The lowest BCUT2D eigenvalue weighted by atomic mass is 9.92. The lowest BCUT2D eigenvalue weighted by molar-refractivity contribution is -0.142. The molecule has 1 heterocycles. The zero-order valence-corrected chi connectivity index (χ0v) is 13.6. The summed E-state index contributed by atoms with van der Waals surface area (Å²) in [5.74, 6) is -0.634. The van der Waals surface area contributed by atoms with Crippen LogP contribution in [0.3, 0.4) is 0 Å². The van der Waals surface area contributed by atoms with Gasteiger partial charge in [-0.15, -0.1) is 0 Å². The molecule has 0 unspecified atom stereocenters. The normalized spacial score (nSPS) is 24.3. The van der Waals surface area contributed by atoms with Gasteiger partial charge in [0.25, 0.3) is 0 Å². The van der Waals surface area contributed by atoms with Crippen molar-refractivity contribution in [2.24, 2.45) is 5.92 Å². The minimum absolute atomic E-state index is 0.0283. The van der Waals surface area contributed by atoms with E-state index in [1.165, 1.54) is 7.11 Å². The van der Waals surface area contributed by atoms with Gasteiger partial charge in [-0.2, -0.15) is 0 Å². The molecule has 1 amide bonds. The highest BCUT2D eigenvalue weighted by Crippen LogP contribution is 2.33. The molecular weight excluding hydrogens is 280 g/mol. The number of aryl methyl sites for hydroxylation is 1. The molecule has 1 aliphatic rings. The number of ether oxygens (including phenoxy) is 1. The Hall–Kier alpha value is -1.88. The first-order valence-electron chi connectivity index (χ1n) is 7.63. The standard InChI is InChI=1S/C17H24N2O3/c1-10(2)18-16(20)13-9-14(17(21)22-4)19-15(13)12-7-5-11(3)6-8-12/h5-8,10,13-15,19H,9H2,1-4H3,(H,18,20)/t13-,14-,15-/m0/s1. The highest BCUT2D eigenvalue weighted by atomic mass is 16.5. The second-order valence-electron chi connectivity index (χ2n) is 6.14. The van der Waals surface area contributed by atoms with Crippen LogP contribution in [-0.4, -0.2) is 31.1 Å². The molecule has 0 aliphatic carbocycles. The van der Waals surface area contributed by atoms with Crippen molar-refractivity contribution in [2.45, 2.75) is 45.3 Å². The van der Waals surface area contributed by atoms with Gasteiger partial charge >= 0.3 is 5.97 Å². The average Bonchev–Trinajstić information content (AvgIpc) is 2.91. The van der Waals surface area contributed by atoms with E-state index >= 15 is 0 Å². The van der Waals surface area contributed by atoms with Crippen LogP contribution in [0.4, 0.5) is 0 Å². The van der Waals surface area contributed by atoms with Gasteiger partial charge in [-0.3, -0.25) is 14.9 Å². The van der Waals surface area contributed by atoms with E-state index in [-0.39, 0.29) is 29.9 Å². The number of benzene rings is 1. The van der Waals surface area contributed by atoms with Gasteiger partial charge < -0.3 is 10.1 Å². The van der Waals surface area contributed by atoms with Crippen molar-refractivity contribution in [2.75, 3.05) is 7.11 Å². The average molecular weight is 304 g/mol. The van der Waals surface area contributed by atoms with Crippen molar-refractivity contribution < 1.29 is 14.3 Å². The summed E-state index contributed by atoms with van der Waals surface area (Å²) in [6.45, 7) is 5.88. The van der Waals surface area contributed by atoms with Crippen LogP contribution >= 0.6 is 0 Å². The minimum atomic E-state index is -0.445. The number of hydrogen-bond donors (Lipinski definition) is 2. The lowest BCUT2D eigenvalue weighted by Crippen LogP contribution is -2.37. The predicted octanol–water partition coefficient (Wildman–Crippen LogP) is 1.71. The van der Waals surface area contributed by atoms with Crippen molar-refractivity contribution in [3.05, 3.63) is 35.4 Å². The molecule has 1 saturated heterocycles. The third kappa shape index (κ3) is 3.65. The Labute approximate surface area is 131 Å². The highest BCUT2D eigenvalue weighted by molar-refractivity contribution is 5.83. The first-order valence-corrected chi connectivity index (χ1v) is 7.63. The summed E-state index contributed by atoms with van der Waals surface area (Å²) >= 11 is 0. The monoisotopic (exact) mass is 304 g/mol. The summed E-state index contributed by atoms with van der Waals surface area (Å²) in [6, 6.07) is 7.48. The fourth-order valence-corrected chi connectivity index (χ4v) is 2.85. The Bertz CT molecular complexity index is 539. The van der Waals surface area contributed by atoms with Gasteiger partial charge in [-0.1, -0.05) is 29.8 Å². The molecule has 2 rings (SSSR count). The van der Waals surface area contributed by atoms with Gasteiger partial charge in [0, 0.05) is 12.1 Å². The van der Waals surface area contributed by atoms with Crippen molar-refractivity contribution in [1.29, 1.82) is 0 Å². The van der Waals surface area contributed by atoms with Gasteiger partial charge in [0.05, 0.1) is 13.0 Å². The number of amides is 1. The molecular formula is C17H24N2O3. The quantitative estimate of drug-likeness (QED) is 0.831. The van der Waals surface area contributed by atoms with Crippen LogP contribution in [0.15, 0.2) is 24.3 Å². The number of rotatable bonds is 4. The van der Waals surface area contributed by atoms with Crippen LogP contribution in [0.2, 0.25) is 0 Å². The summed E-state index contributed by atoms with van der Waals surface area (Å²) in [5.41, 5.74) is 2.18. The van der Waals surface area contributed by atoms with E-state index in [1.54, 1.807) is 0 Å². The zero-order valence-electron chi connectivity index (χ0n) is 13.6. The van der Waals surface area contributed by atoms with E-state index in [2.05, 4.69) is 10.6 Å². The maximum atomic E-state index is 12.5. The Balaban J connectivity index is 2.24. The number of carbonyl (C=O) groups is 2. The molecule has 5 heteroatoms. The van der Waals surface area contributed by atoms with Crippen LogP contribution in [0, 0.1) is 12.8 Å². The summed E-state index contributed by atoms with van der Waals surface area (Å²) in [4.78, 5) is 24.3. The van der Waals surface area contributed by atoms with E-state index in [0.29, 0.717) is 6.42 Å². The minimum Gasteiger partial charge on any atom is -0.468 e. The topological polar surface area (TPSA) is 67.4 Å². The highest BCUT2D eigenvalue weighted by Gasteiger charge is 2.42. The summed E-state index contributed by atoms with van der Waals surface area (Å²) in [5, 5.41) is 6.19. The number of methoxy groups -OCH3 is 1. The molecule has 0 radical (unpaired) electrons. The van der Waals surface area contributed by atoms with Crippen molar-refractivity contribution >= 4 is 11.9 Å².